The van der Waals surface area contributed by atoms with E-state index in [0.29, 0.717) is 17.8 Å². The second-order valence-electron chi connectivity index (χ2n) is 7.75. The van der Waals surface area contributed by atoms with Gasteiger partial charge in [-0.1, -0.05) is 30.3 Å². The van der Waals surface area contributed by atoms with Crippen LogP contribution in [0, 0.1) is 0 Å². The second-order valence-corrected chi connectivity index (χ2v) is 7.75. The zero-order chi connectivity index (χ0) is 23.2. The third kappa shape index (κ3) is 5.20. The van der Waals surface area contributed by atoms with Crippen LogP contribution >= 0.6 is 0 Å². The first-order valence-corrected chi connectivity index (χ1v) is 10.8. The quantitative estimate of drug-likeness (QED) is 0.588. The van der Waals surface area contributed by atoms with E-state index in [2.05, 4.69) is 11.4 Å². The first-order valence-electron chi connectivity index (χ1n) is 10.8. The third-order valence-electron chi connectivity index (χ3n) is 5.48. The molecule has 0 atom stereocenters. The lowest BCUT2D eigenvalue weighted by Crippen LogP contribution is -2.31. The number of carbonyl (C=O) groups excluding carboxylic acids is 2. The van der Waals surface area contributed by atoms with E-state index in [-0.39, 0.29) is 17.2 Å². The smallest absolute Gasteiger partial charge is 0.341 e. The van der Waals surface area contributed by atoms with Crippen LogP contribution < -0.4 is 15.0 Å². The molecule has 168 valence electrons. The molecule has 0 fully saturated rings. The number of nitrogens with one attached hydrogen (secondary N) is 1. The molecule has 2 N–H and O–H groups in total. The standard InChI is InChI=1S/C26H24N2O5/c29-24(30)17-33-23-11-4-2-9-21(23)25(31)27-20-14-12-19(13-15-20)26(32)28-16-6-5-8-18-7-1-3-10-22(18)28/h1-4,7,9-15H,5-6,8,16-17H2,(H,27,31)(H,29,30). The summed E-state index contributed by atoms with van der Waals surface area (Å²) in [5.41, 5.74) is 3.40. The van der Waals surface area contributed by atoms with Crippen molar-refractivity contribution in [1.82, 2.24) is 0 Å². The fraction of sp³-hybridized carbons (Fsp3) is 0.192. The van der Waals surface area contributed by atoms with Gasteiger partial charge in [-0.05, 0) is 67.3 Å². The van der Waals surface area contributed by atoms with E-state index in [0.717, 1.165) is 24.9 Å². The molecular formula is C26H24N2O5. The SMILES string of the molecule is O=C(O)COc1ccccc1C(=O)Nc1ccc(C(=O)N2CCCCc3ccccc32)cc1. The number of carboxylic acids is 1. The van der Waals surface area contributed by atoms with E-state index in [1.165, 1.54) is 5.56 Å². The van der Waals surface area contributed by atoms with Gasteiger partial charge in [-0.2, -0.15) is 0 Å². The molecule has 33 heavy (non-hydrogen) atoms. The van der Waals surface area contributed by atoms with Crippen LogP contribution in [0.5, 0.6) is 5.75 Å². The normalized spacial score (nSPS) is 12.9. The number of hydrogen-bond donors (Lipinski definition) is 2. The Hall–Kier alpha value is -4.13. The van der Waals surface area contributed by atoms with Crippen LogP contribution in [0.4, 0.5) is 11.4 Å². The number of fused-ring (bicyclic) bond motifs is 1. The van der Waals surface area contributed by atoms with Gasteiger partial charge in [0.2, 0.25) is 0 Å². The summed E-state index contributed by atoms with van der Waals surface area (Å²) in [7, 11) is 0. The Morgan fingerprint density at radius 3 is 2.42 bits per heavy atom. The van der Waals surface area contributed by atoms with Gasteiger partial charge < -0.3 is 20.1 Å². The number of anilines is 2. The second kappa shape index (κ2) is 9.99. The fourth-order valence-corrected chi connectivity index (χ4v) is 3.87. The van der Waals surface area contributed by atoms with Crippen LogP contribution in [-0.2, 0) is 11.2 Å². The monoisotopic (exact) mass is 444 g/mol. The molecule has 3 aromatic rings. The van der Waals surface area contributed by atoms with Crippen molar-refractivity contribution in [3.63, 3.8) is 0 Å². The molecule has 0 saturated heterocycles. The Balaban J connectivity index is 1.48. The maximum Gasteiger partial charge on any atom is 0.341 e. The Labute approximate surface area is 191 Å². The molecule has 0 bridgehead atoms. The fourth-order valence-electron chi connectivity index (χ4n) is 3.87. The molecule has 0 spiro atoms. The summed E-state index contributed by atoms with van der Waals surface area (Å²) >= 11 is 0. The van der Waals surface area contributed by atoms with Gasteiger partial charge in [0.1, 0.15) is 5.75 Å². The molecular weight excluding hydrogens is 420 g/mol. The van der Waals surface area contributed by atoms with Crippen molar-refractivity contribution < 1.29 is 24.2 Å². The molecule has 0 aromatic heterocycles. The van der Waals surface area contributed by atoms with Crippen LogP contribution in [0.1, 0.15) is 39.1 Å². The van der Waals surface area contributed by atoms with Crippen molar-refractivity contribution >= 4 is 29.2 Å². The molecule has 0 aliphatic carbocycles. The average Bonchev–Trinajstić information content (AvgIpc) is 3.05. The minimum atomic E-state index is -1.13. The first-order chi connectivity index (χ1) is 16.0. The molecule has 1 heterocycles. The van der Waals surface area contributed by atoms with Gasteiger partial charge in [-0.15, -0.1) is 0 Å². The van der Waals surface area contributed by atoms with E-state index >= 15 is 0 Å². The zero-order valence-corrected chi connectivity index (χ0v) is 18.0. The molecule has 1 aliphatic heterocycles. The van der Waals surface area contributed by atoms with Gasteiger partial charge >= 0.3 is 5.97 Å². The van der Waals surface area contributed by atoms with E-state index < -0.39 is 18.5 Å². The first kappa shape index (κ1) is 22.1. The van der Waals surface area contributed by atoms with Gasteiger partial charge in [0.25, 0.3) is 11.8 Å². The number of rotatable bonds is 6. The lowest BCUT2D eigenvalue weighted by molar-refractivity contribution is -0.139. The third-order valence-corrected chi connectivity index (χ3v) is 5.48. The number of aryl methyl sites for hydroxylation is 1. The predicted molar refractivity (Wildman–Crippen MR) is 125 cm³/mol. The van der Waals surface area contributed by atoms with Crippen molar-refractivity contribution in [3.8, 4) is 5.75 Å². The number of hydrogen-bond acceptors (Lipinski definition) is 4. The topological polar surface area (TPSA) is 95.9 Å². The van der Waals surface area contributed by atoms with Crippen LogP contribution in [0.2, 0.25) is 0 Å². The largest absolute Gasteiger partial charge is 0.481 e. The van der Waals surface area contributed by atoms with Crippen molar-refractivity contribution in [3.05, 3.63) is 89.5 Å². The van der Waals surface area contributed by atoms with Crippen LogP contribution in [0.25, 0.3) is 0 Å². The van der Waals surface area contributed by atoms with Crippen molar-refractivity contribution in [2.24, 2.45) is 0 Å². The Kier molecular flexibility index (Phi) is 6.69. The summed E-state index contributed by atoms with van der Waals surface area (Å²) in [6.07, 6.45) is 2.95. The van der Waals surface area contributed by atoms with Crippen molar-refractivity contribution in [2.75, 3.05) is 23.4 Å². The number of para-hydroxylation sites is 2. The van der Waals surface area contributed by atoms with E-state index in [4.69, 9.17) is 9.84 Å². The Morgan fingerprint density at radius 2 is 1.64 bits per heavy atom. The van der Waals surface area contributed by atoms with E-state index in [1.807, 2.05) is 23.1 Å². The molecule has 0 unspecified atom stereocenters. The van der Waals surface area contributed by atoms with Crippen LogP contribution in [-0.4, -0.2) is 36.0 Å². The highest BCUT2D eigenvalue weighted by Gasteiger charge is 2.22. The summed E-state index contributed by atoms with van der Waals surface area (Å²) < 4.78 is 5.20. The van der Waals surface area contributed by atoms with E-state index in [1.54, 1.807) is 48.5 Å². The number of ether oxygens (including phenoxy) is 1. The molecule has 2 amide bonds. The van der Waals surface area contributed by atoms with Crippen LogP contribution in [0.15, 0.2) is 72.8 Å². The summed E-state index contributed by atoms with van der Waals surface area (Å²) in [6, 6.07) is 21.2. The number of nitrogens with zero attached hydrogens (tertiary/aromatic N) is 1. The average molecular weight is 444 g/mol. The van der Waals surface area contributed by atoms with Gasteiger partial charge in [0, 0.05) is 23.5 Å². The van der Waals surface area contributed by atoms with Crippen molar-refractivity contribution in [1.29, 1.82) is 0 Å². The molecule has 1 aliphatic rings. The zero-order valence-electron chi connectivity index (χ0n) is 18.0. The molecule has 7 nitrogen and oxygen atoms in total. The number of carbonyl (C=O) groups is 3. The van der Waals surface area contributed by atoms with Crippen LogP contribution in [0.3, 0.4) is 0 Å². The lowest BCUT2D eigenvalue weighted by atomic mass is 10.1. The molecule has 0 radical (unpaired) electrons. The Bertz CT molecular complexity index is 1170. The number of carboxylic acid groups (broad SMARTS) is 1. The highest BCUT2D eigenvalue weighted by Crippen LogP contribution is 2.28. The molecule has 4 rings (SSSR count). The predicted octanol–water partition coefficient (Wildman–Crippen LogP) is 4.39. The molecule has 0 saturated carbocycles. The maximum absolute atomic E-state index is 13.2. The number of benzene rings is 3. The number of amides is 2. The van der Waals surface area contributed by atoms with Gasteiger partial charge in [-0.3, -0.25) is 9.59 Å². The molecule has 7 heteroatoms. The minimum Gasteiger partial charge on any atom is -0.481 e. The summed E-state index contributed by atoms with van der Waals surface area (Å²) in [6.45, 7) is 0.127. The minimum absolute atomic E-state index is 0.0744. The van der Waals surface area contributed by atoms with Gasteiger partial charge in [0.15, 0.2) is 6.61 Å². The van der Waals surface area contributed by atoms with Gasteiger partial charge in [0.05, 0.1) is 5.56 Å². The maximum atomic E-state index is 13.2. The lowest BCUT2D eigenvalue weighted by Gasteiger charge is -2.23. The van der Waals surface area contributed by atoms with E-state index in [9.17, 15) is 14.4 Å². The highest BCUT2D eigenvalue weighted by molar-refractivity contribution is 6.08. The number of aliphatic carboxylic acids is 1. The highest BCUT2D eigenvalue weighted by atomic mass is 16.5. The summed E-state index contributed by atoms with van der Waals surface area (Å²) in [5.74, 6) is -1.45. The summed E-state index contributed by atoms with van der Waals surface area (Å²) in [4.78, 5) is 38.5. The summed E-state index contributed by atoms with van der Waals surface area (Å²) in [5, 5.41) is 11.6. The molecule has 3 aromatic carbocycles. The Morgan fingerprint density at radius 1 is 0.909 bits per heavy atom. The van der Waals surface area contributed by atoms with Crippen molar-refractivity contribution in [2.45, 2.75) is 19.3 Å². The van der Waals surface area contributed by atoms with Gasteiger partial charge in [-0.25, -0.2) is 4.79 Å².